The summed E-state index contributed by atoms with van der Waals surface area (Å²) in [4.78, 5) is 48.4. The molecule has 1 amide bonds. The minimum Gasteiger partial charge on any atom is -0.497 e. The highest BCUT2D eigenvalue weighted by Gasteiger charge is 2.19. The van der Waals surface area contributed by atoms with Gasteiger partial charge in [-0.2, -0.15) is 0 Å². The molecule has 0 fully saturated rings. The number of amides is 1. The number of aromatic carboxylic acids is 2. The van der Waals surface area contributed by atoms with Crippen molar-refractivity contribution in [3.63, 3.8) is 0 Å². The normalized spacial score (nSPS) is 10.3. The first kappa shape index (κ1) is 23.6. The molecule has 0 unspecified atom stereocenters. The van der Waals surface area contributed by atoms with Crippen LogP contribution in [0.25, 0.3) is 0 Å². The molecule has 0 radical (unpaired) electrons. The number of carboxylic acid groups (broad SMARTS) is 2. The predicted molar refractivity (Wildman–Crippen MR) is 123 cm³/mol. The minimum atomic E-state index is -1.41. The first-order chi connectivity index (χ1) is 15.8. The number of benzene rings is 3. The molecule has 0 aliphatic rings. The highest BCUT2D eigenvalue weighted by molar-refractivity contribution is 8.00. The second kappa shape index (κ2) is 10.5. The molecule has 3 N–H and O–H groups in total. The van der Waals surface area contributed by atoms with Crippen molar-refractivity contribution in [1.82, 2.24) is 0 Å². The number of hydrogen-bond acceptors (Lipinski definition) is 6. The molecule has 0 saturated heterocycles. The molecule has 3 aromatic carbocycles. The first-order valence-electron chi connectivity index (χ1n) is 9.60. The van der Waals surface area contributed by atoms with Crippen molar-refractivity contribution in [1.29, 1.82) is 0 Å². The lowest BCUT2D eigenvalue weighted by Crippen LogP contribution is -2.17. The molecule has 0 aliphatic carbocycles. The summed E-state index contributed by atoms with van der Waals surface area (Å²) in [6, 6.07) is 16.8. The molecule has 168 valence electrons. The Labute approximate surface area is 193 Å². The number of anilines is 1. The lowest BCUT2D eigenvalue weighted by molar-refractivity contribution is 0.0692. The minimum absolute atomic E-state index is 0.0679. The maximum Gasteiger partial charge on any atom is 0.336 e. The molecule has 0 bridgehead atoms. The Hall–Kier alpha value is -4.11. The van der Waals surface area contributed by atoms with E-state index in [1.54, 1.807) is 55.6 Å². The highest BCUT2D eigenvalue weighted by Crippen LogP contribution is 2.24. The van der Waals surface area contributed by atoms with Crippen molar-refractivity contribution in [2.75, 3.05) is 18.2 Å². The Morgan fingerprint density at radius 3 is 2.18 bits per heavy atom. The van der Waals surface area contributed by atoms with Crippen LogP contribution in [0.1, 0.15) is 41.4 Å². The van der Waals surface area contributed by atoms with Gasteiger partial charge in [-0.1, -0.05) is 6.07 Å². The van der Waals surface area contributed by atoms with E-state index >= 15 is 0 Å². The van der Waals surface area contributed by atoms with E-state index < -0.39 is 23.4 Å². The van der Waals surface area contributed by atoms with Crippen LogP contribution in [0, 0.1) is 0 Å². The van der Waals surface area contributed by atoms with E-state index in [0.29, 0.717) is 17.0 Å². The smallest absolute Gasteiger partial charge is 0.336 e. The molecule has 8 nitrogen and oxygen atoms in total. The number of carbonyl (C=O) groups is 4. The number of ketones is 1. The third-order valence-corrected chi connectivity index (χ3v) is 5.61. The zero-order valence-electron chi connectivity index (χ0n) is 17.4. The number of methoxy groups -OCH3 is 1. The van der Waals surface area contributed by atoms with E-state index in [9.17, 15) is 24.3 Å². The van der Waals surface area contributed by atoms with Gasteiger partial charge in [-0.25, -0.2) is 9.59 Å². The number of thioether (sulfide) groups is 1. The van der Waals surface area contributed by atoms with E-state index in [0.717, 1.165) is 17.0 Å². The lowest BCUT2D eigenvalue weighted by Gasteiger charge is -2.10. The highest BCUT2D eigenvalue weighted by atomic mass is 32.2. The average molecular weight is 465 g/mol. The van der Waals surface area contributed by atoms with Crippen molar-refractivity contribution < 1.29 is 34.1 Å². The van der Waals surface area contributed by atoms with Gasteiger partial charge in [0.15, 0.2) is 5.78 Å². The van der Waals surface area contributed by atoms with E-state index in [1.165, 1.54) is 17.8 Å². The molecule has 3 aromatic rings. The van der Waals surface area contributed by atoms with Gasteiger partial charge < -0.3 is 20.3 Å². The Bertz CT molecular complexity index is 1220. The van der Waals surface area contributed by atoms with E-state index in [2.05, 4.69) is 5.32 Å². The van der Waals surface area contributed by atoms with Crippen LogP contribution in [-0.2, 0) is 0 Å². The summed E-state index contributed by atoms with van der Waals surface area (Å²) >= 11 is 1.29. The monoisotopic (exact) mass is 465 g/mol. The van der Waals surface area contributed by atoms with Crippen LogP contribution in [0.15, 0.2) is 71.6 Å². The van der Waals surface area contributed by atoms with Crippen molar-refractivity contribution in [2.24, 2.45) is 0 Å². The molecule has 0 atom stereocenters. The number of ether oxygens (including phenoxy) is 1. The summed E-state index contributed by atoms with van der Waals surface area (Å²) in [5, 5.41) is 21.0. The Balaban J connectivity index is 1.69. The Morgan fingerprint density at radius 1 is 0.848 bits per heavy atom. The van der Waals surface area contributed by atoms with E-state index in [-0.39, 0.29) is 22.7 Å². The van der Waals surface area contributed by atoms with Crippen LogP contribution in [0.5, 0.6) is 5.75 Å². The van der Waals surface area contributed by atoms with Gasteiger partial charge in [-0.3, -0.25) is 9.59 Å². The fourth-order valence-electron chi connectivity index (χ4n) is 2.92. The van der Waals surface area contributed by atoms with Crippen molar-refractivity contribution in [2.45, 2.75) is 4.90 Å². The molecule has 3 rings (SSSR count). The van der Waals surface area contributed by atoms with Crippen LogP contribution < -0.4 is 10.1 Å². The molecule has 0 heterocycles. The summed E-state index contributed by atoms with van der Waals surface area (Å²) in [7, 11) is 1.55. The van der Waals surface area contributed by atoms with Crippen LogP contribution >= 0.6 is 11.8 Å². The van der Waals surface area contributed by atoms with Crippen molar-refractivity contribution in [3.8, 4) is 5.75 Å². The largest absolute Gasteiger partial charge is 0.497 e. The molecular weight excluding hydrogens is 446 g/mol. The fourth-order valence-corrected chi connectivity index (χ4v) is 3.77. The summed E-state index contributed by atoms with van der Waals surface area (Å²) in [6.45, 7) is 0. The first-order valence-corrected chi connectivity index (χ1v) is 10.6. The quantitative estimate of drug-likeness (QED) is 0.315. The zero-order chi connectivity index (χ0) is 24.0. The van der Waals surface area contributed by atoms with Crippen LogP contribution in [0.2, 0.25) is 0 Å². The maximum atomic E-state index is 12.6. The van der Waals surface area contributed by atoms with E-state index in [4.69, 9.17) is 9.84 Å². The van der Waals surface area contributed by atoms with Crippen LogP contribution in [0.3, 0.4) is 0 Å². The Kier molecular flexibility index (Phi) is 7.47. The fraction of sp³-hybridized carbons (Fsp3) is 0.0833. The number of Topliss-reactive ketones (excluding diaryl/α,β-unsaturated/α-hetero) is 1. The molecule has 9 heteroatoms. The van der Waals surface area contributed by atoms with Gasteiger partial charge in [0.25, 0.3) is 5.91 Å². The summed E-state index contributed by atoms with van der Waals surface area (Å²) in [5.74, 6) is -2.62. The SMILES string of the molecule is COc1ccc(C(=O)CSc2cccc(NC(=O)c3ccc(C(=O)O)cc3C(=O)O)c2)cc1. The topological polar surface area (TPSA) is 130 Å². The van der Waals surface area contributed by atoms with Gasteiger partial charge >= 0.3 is 11.9 Å². The zero-order valence-corrected chi connectivity index (χ0v) is 18.2. The molecule has 33 heavy (non-hydrogen) atoms. The Morgan fingerprint density at radius 2 is 1.55 bits per heavy atom. The third-order valence-electron chi connectivity index (χ3n) is 4.62. The van der Waals surface area contributed by atoms with Crippen LogP contribution in [0.4, 0.5) is 5.69 Å². The number of carbonyl (C=O) groups excluding carboxylic acids is 2. The molecule has 0 saturated carbocycles. The van der Waals surface area contributed by atoms with E-state index in [1.807, 2.05) is 0 Å². The molecule has 0 aromatic heterocycles. The van der Waals surface area contributed by atoms with Crippen LogP contribution in [-0.4, -0.2) is 46.7 Å². The van der Waals surface area contributed by atoms with Crippen molar-refractivity contribution in [3.05, 3.63) is 89.0 Å². The number of rotatable bonds is 9. The average Bonchev–Trinajstić information content (AvgIpc) is 2.82. The van der Waals surface area contributed by atoms with Crippen molar-refractivity contribution >= 4 is 41.1 Å². The summed E-state index contributed by atoms with van der Waals surface area (Å²) in [6.07, 6.45) is 0. The number of nitrogens with one attached hydrogen (secondary N) is 1. The van der Waals surface area contributed by atoms with Gasteiger partial charge in [0.1, 0.15) is 5.75 Å². The third kappa shape index (κ3) is 5.98. The number of carboxylic acids is 2. The second-order valence-corrected chi connectivity index (χ2v) is 7.84. The summed E-state index contributed by atoms with van der Waals surface area (Å²) < 4.78 is 5.08. The van der Waals surface area contributed by atoms with Gasteiger partial charge in [0.05, 0.1) is 29.6 Å². The van der Waals surface area contributed by atoms with Gasteiger partial charge in [-0.15, -0.1) is 11.8 Å². The predicted octanol–water partition coefficient (Wildman–Crippen LogP) is 4.32. The second-order valence-electron chi connectivity index (χ2n) is 6.79. The molecule has 0 aliphatic heterocycles. The van der Waals surface area contributed by atoms with Gasteiger partial charge in [0, 0.05) is 16.1 Å². The maximum absolute atomic E-state index is 12.6. The van der Waals surface area contributed by atoms with Gasteiger partial charge in [0.2, 0.25) is 0 Å². The summed E-state index contributed by atoms with van der Waals surface area (Å²) in [5.41, 5.74) is 0.145. The lowest BCUT2D eigenvalue weighted by atomic mass is 10.0. The molecular formula is C24H19NO7S. The standard InChI is InChI=1S/C24H19NO7S/c1-32-17-8-5-14(6-9-17)21(26)13-33-18-4-2-3-16(12-18)25-22(27)19-10-7-15(23(28)29)11-20(19)24(30)31/h2-12H,13H2,1H3,(H,25,27)(H,28,29)(H,30,31). The van der Waals surface area contributed by atoms with Gasteiger partial charge in [-0.05, 0) is 60.7 Å². The molecule has 0 spiro atoms. The number of hydrogen-bond donors (Lipinski definition) is 3.